The first-order valence-corrected chi connectivity index (χ1v) is 4.71. The molecule has 0 aromatic carbocycles. The number of unbranched alkanes of at least 4 members (excludes halogenated alkanes) is 1. The second kappa shape index (κ2) is 6.66. The number of hydrogen-bond donors (Lipinski definition) is 0. The zero-order valence-corrected chi connectivity index (χ0v) is 8.76. The third-order valence-corrected chi connectivity index (χ3v) is 1.67. The molecule has 0 fully saturated rings. The Morgan fingerprint density at radius 1 is 1.40 bits per heavy atom. The lowest BCUT2D eigenvalue weighted by Gasteiger charge is -2.15. The molecule has 6 heteroatoms. The third kappa shape index (κ3) is 7.18. The first kappa shape index (κ1) is 14.2. The van der Waals surface area contributed by atoms with Crippen LogP contribution in [0, 0.1) is 0 Å². The van der Waals surface area contributed by atoms with Gasteiger partial charge in [0, 0.05) is 0 Å². The largest absolute Gasteiger partial charge is 0.464 e. The number of carbonyl (C=O) groups is 1. The second-order valence-electron chi connectivity index (χ2n) is 3.07. The molecule has 15 heavy (non-hydrogen) atoms. The van der Waals surface area contributed by atoms with E-state index < -0.39 is 24.9 Å². The maximum absolute atomic E-state index is 11.9. The lowest BCUT2D eigenvalue weighted by atomic mass is 10.4. The van der Waals surface area contributed by atoms with Crippen LogP contribution in [0.5, 0.6) is 0 Å². The van der Waals surface area contributed by atoms with Gasteiger partial charge in [0.2, 0.25) is 0 Å². The van der Waals surface area contributed by atoms with Crippen molar-refractivity contribution in [1.82, 2.24) is 0 Å². The van der Waals surface area contributed by atoms with E-state index >= 15 is 0 Å². The van der Waals surface area contributed by atoms with Crippen molar-refractivity contribution >= 4 is 5.97 Å². The van der Waals surface area contributed by atoms with E-state index in [-0.39, 0.29) is 6.61 Å². The van der Waals surface area contributed by atoms with E-state index in [1.165, 1.54) is 0 Å². The number of rotatable bonds is 6. The third-order valence-electron chi connectivity index (χ3n) is 1.67. The van der Waals surface area contributed by atoms with Gasteiger partial charge in [0.05, 0.1) is 6.61 Å². The smallest absolute Gasteiger partial charge is 0.414 e. The molecule has 0 heterocycles. The van der Waals surface area contributed by atoms with Gasteiger partial charge in [-0.05, 0) is 13.3 Å². The highest BCUT2D eigenvalue weighted by molar-refractivity contribution is 5.70. The van der Waals surface area contributed by atoms with Gasteiger partial charge in [-0.15, -0.1) is 0 Å². The molecule has 1 unspecified atom stereocenters. The molecule has 0 bridgehead atoms. The number of halogens is 3. The molecular weight excluding hydrogens is 213 g/mol. The lowest BCUT2D eigenvalue weighted by Crippen LogP contribution is -2.31. The fourth-order valence-corrected chi connectivity index (χ4v) is 0.660. The first-order chi connectivity index (χ1) is 6.88. The summed E-state index contributed by atoms with van der Waals surface area (Å²) in [6, 6.07) is 0. The van der Waals surface area contributed by atoms with E-state index in [1.54, 1.807) is 0 Å². The van der Waals surface area contributed by atoms with Gasteiger partial charge in [0.25, 0.3) is 0 Å². The van der Waals surface area contributed by atoms with Gasteiger partial charge in [0.1, 0.15) is 6.61 Å². The van der Waals surface area contributed by atoms with E-state index in [2.05, 4.69) is 9.47 Å². The summed E-state index contributed by atoms with van der Waals surface area (Å²) in [5.74, 6) is -0.764. The van der Waals surface area contributed by atoms with Crippen molar-refractivity contribution in [1.29, 1.82) is 0 Å². The first-order valence-electron chi connectivity index (χ1n) is 4.71. The molecule has 0 aliphatic carbocycles. The molecule has 0 aliphatic heterocycles. The number of hydrogen-bond acceptors (Lipinski definition) is 3. The van der Waals surface area contributed by atoms with Crippen LogP contribution in [-0.4, -0.2) is 31.5 Å². The summed E-state index contributed by atoms with van der Waals surface area (Å²) in [6.07, 6.45) is -4.84. The van der Waals surface area contributed by atoms with Crippen molar-refractivity contribution in [2.24, 2.45) is 0 Å². The summed E-state index contributed by atoms with van der Waals surface area (Å²) in [6.45, 7) is 2.32. The van der Waals surface area contributed by atoms with Gasteiger partial charge in [-0.2, -0.15) is 13.2 Å². The Balaban J connectivity index is 3.62. The highest BCUT2D eigenvalue weighted by atomic mass is 19.4. The molecule has 0 saturated carbocycles. The van der Waals surface area contributed by atoms with E-state index in [4.69, 9.17) is 0 Å². The Labute approximate surface area is 86.5 Å². The normalized spacial score (nSPS) is 13.7. The maximum Gasteiger partial charge on any atom is 0.414 e. The lowest BCUT2D eigenvalue weighted by molar-refractivity contribution is -0.216. The van der Waals surface area contributed by atoms with Crippen molar-refractivity contribution in [2.45, 2.75) is 39.0 Å². The van der Waals surface area contributed by atoms with Gasteiger partial charge in [-0.1, -0.05) is 13.3 Å². The molecule has 0 radical (unpaired) electrons. The summed E-state index contributed by atoms with van der Waals surface area (Å²) in [7, 11) is 0. The van der Waals surface area contributed by atoms with Gasteiger partial charge in [-0.3, -0.25) is 0 Å². The summed E-state index contributed by atoms with van der Waals surface area (Å²) < 4.78 is 44.7. The number of ether oxygens (including phenoxy) is 2. The fourth-order valence-electron chi connectivity index (χ4n) is 0.660. The monoisotopic (exact) mass is 228 g/mol. The minimum atomic E-state index is -4.44. The molecular formula is C9H15F3O3. The SMILES string of the molecule is CCCCOC(=O)COC(C)C(F)(F)F. The van der Waals surface area contributed by atoms with Crippen LogP contribution < -0.4 is 0 Å². The van der Waals surface area contributed by atoms with Crippen LogP contribution in [-0.2, 0) is 14.3 Å². The van der Waals surface area contributed by atoms with Crippen LogP contribution >= 0.6 is 0 Å². The van der Waals surface area contributed by atoms with Gasteiger partial charge >= 0.3 is 12.1 Å². The molecule has 0 aromatic heterocycles. The number of esters is 1. The molecule has 0 N–H and O–H groups in total. The van der Waals surface area contributed by atoms with E-state index in [0.717, 1.165) is 13.3 Å². The van der Waals surface area contributed by atoms with Crippen molar-refractivity contribution in [3.05, 3.63) is 0 Å². The Bertz CT molecular complexity index is 192. The topological polar surface area (TPSA) is 35.5 Å². The predicted octanol–water partition coefficient (Wildman–Crippen LogP) is 2.30. The van der Waals surface area contributed by atoms with Gasteiger partial charge in [-0.25, -0.2) is 4.79 Å². The van der Waals surface area contributed by atoms with Crippen molar-refractivity contribution < 1.29 is 27.4 Å². The summed E-state index contributed by atoms with van der Waals surface area (Å²) in [5.41, 5.74) is 0. The molecule has 3 nitrogen and oxygen atoms in total. The van der Waals surface area contributed by atoms with E-state index in [1.807, 2.05) is 6.92 Å². The average molecular weight is 228 g/mol. The van der Waals surface area contributed by atoms with Crippen LogP contribution in [0.15, 0.2) is 0 Å². The summed E-state index contributed by atoms with van der Waals surface area (Å²) in [5, 5.41) is 0. The van der Waals surface area contributed by atoms with E-state index in [9.17, 15) is 18.0 Å². The van der Waals surface area contributed by atoms with Crippen LogP contribution in [0.3, 0.4) is 0 Å². The molecule has 0 aliphatic rings. The number of carbonyl (C=O) groups excluding carboxylic acids is 1. The van der Waals surface area contributed by atoms with Crippen LogP contribution in [0.25, 0.3) is 0 Å². The molecule has 0 amide bonds. The van der Waals surface area contributed by atoms with Gasteiger partial charge < -0.3 is 9.47 Å². The fraction of sp³-hybridized carbons (Fsp3) is 0.889. The highest BCUT2D eigenvalue weighted by Crippen LogP contribution is 2.22. The quantitative estimate of drug-likeness (QED) is 0.517. The standard InChI is InChI=1S/C9H15F3O3/c1-3-4-5-14-8(13)6-15-7(2)9(10,11)12/h7H,3-6H2,1-2H3. The Kier molecular flexibility index (Phi) is 6.31. The minimum Gasteiger partial charge on any atom is -0.464 e. The predicted molar refractivity (Wildman–Crippen MR) is 47.3 cm³/mol. The molecule has 90 valence electrons. The summed E-state index contributed by atoms with van der Waals surface area (Å²) >= 11 is 0. The molecule has 0 aromatic rings. The Morgan fingerprint density at radius 3 is 2.47 bits per heavy atom. The van der Waals surface area contributed by atoms with Crippen molar-refractivity contribution in [3.8, 4) is 0 Å². The van der Waals surface area contributed by atoms with E-state index in [0.29, 0.717) is 6.42 Å². The minimum absolute atomic E-state index is 0.221. The van der Waals surface area contributed by atoms with Crippen LogP contribution in [0.1, 0.15) is 26.7 Å². The molecule has 0 saturated heterocycles. The van der Waals surface area contributed by atoms with Gasteiger partial charge in [0.15, 0.2) is 6.10 Å². The maximum atomic E-state index is 11.9. The summed E-state index contributed by atoms with van der Waals surface area (Å²) in [4.78, 5) is 10.8. The molecule has 1 atom stereocenters. The highest BCUT2D eigenvalue weighted by Gasteiger charge is 2.37. The van der Waals surface area contributed by atoms with Crippen molar-refractivity contribution in [3.63, 3.8) is 0 Å². The molecule has 0 rings (SSSR count). The van der Waals surface area contributed by atoms with Crippen LogP contribution in [0.4, 0.5) is 13.2 Å². The second-order valence-corrected chi connectivity index (χ2v) is 3.07. The van der Waals surface area contributed by atoms with Crippen LogP contribution in [0.2, 0.25) is 0 Å². The van der Waals surface area contributed by atoms with Crippen molar-refractivity contribution in [2.75, 3.05) is 13.2 Å². The average Bonchev–Trinajstić information content (AvgIpc) is 2.13. The Hall–Kier alpha value is -0.780. The zero-order chi connectivity index (χ0) is 11.9. The molecule has 0 spiro atoms. The zero-order valence-electron chi connectivity index (χ0n) is 8.76. The number of alkyl halides is 3. The Morgan fingerprint density at radius 2 is 2.00 bits per heavy atom.